The molecule has 10 heteroatoms. The zero-order chi connectivity index (χ0) is 23.8. The Morgan fingerprint density at radius 3 is 2.21 bits per heavy atom. The first kappa shape index (κ1) is 23.3. The van der Waals surface area contributed by atoms with Crippen LogP contribution in [0.4, 0.5) is 4.79 Å². The van der Waals surface area contributed by atoms with Crippen LogP contribution in [0.15, 0.2) is 47.4 Å². The molecule has 4 rings (SSSR count). The van der Waals surface area contributed by atoms with E-state index in [9.17, 15) is 18.3 Å². The number of amides is 1. The lowest BCUT2D eigenvalue weighted by atomic mass is 10.0. The molecular formula is C23H28N2O7S. The number of fused-ring (bicyclic) bond motifs is 1. The maximum absolute atomic E-state index is 13.1. The monoisotopic (exact) mass is 476 g/mol. The number of aliphatic hydroxyl groups excluding tert-OH is 1. The van der Waals surface area contributed by atoms with E-state index in [0.29, 0.717) is 22.6 Å². The topological polar surface area (TPSA) is 106 Å². The summed E-state index contributed by atoms with van der Waals surface area (Å²) in [5.41, 5.74) is 0.573. The van der Waals surface area contributed by atoms with Crippen molar-refractivity contribution in [1.82, 2.24) is 9.21 Å². The van der Waals surface area contributed by atoms with Crippen molar-refractivity contribution in [3.05, 3.63) is 53.6 Å². The van der Waals surface area contributed by atoms with Gasteiger partial charge in [-0.05, 0) is 56.2 Å². The van der Waals surface area contributed by atoms with Gasteiger partial charge < -0.3 is 24.2 Å². The molecule has 1 atom stereocenters. The first-order chi connectivity index (χ1) is 15.5. The van der Waals surface area contributed by atoms with Gasteiger partial charge in [-0.2, -0.15) is 4.31 Å². The molecule has 178 valence electrons. The number of ether oxygens (including phenoxy) is 3. The van der Waals surface area contributed by atoms with E-state index >= 15 is 0 Å². The quantitative estimate of drug-likeness (QED) is 0.723. The molecule has 0 spiro atoms. The van der Waals surface area contributed by atoms with Crippen LogP contribution in [-0.2, 0) is 14.8 Å². The number of nitrogens with zero attached hydrogens (tertiary/aromatic N) is 2. The van der Waals surface area contributed by atoms with Gasteiger partial charge >= 0.3 is 6.09 Å². The number of benzene rings is 2. The number of carbonyl (C=O) groups is 1. The molecule has 1 fully saturated rings. The van der Waals surface area contributed by atoms with Crippen molar-refractivity contribution in [1.29, 1.82) is 0 Å². The van der Waals surface area contributed by atoms with E-state index in [-0.39, 0.29) is 37.9 Å². The minimum atomic E-state index is -3.73. The van der Waals surface area contributed by atoms with E-state index in [0.717, 1.165) is 0 Å². The average Bonchev–Trinajstić information content (AvgIpc) is 3.25. The summed E-state index contributed by atoms with van der Waals surface area (Å²) in [5.74, 6) is 1.19. The van der Waals surface area contributed by atoms with Crippen LogP contribution < -0.4 is 9.47 Å². The number of hydrogen-bond donors (Lipinski definition) is 1. The largest absolute Gasteiger partial charge is 0.454 e. The molecule has 33 heavy (non-hydrogen) atoms. The van der Waals surface area contributed by atoms with Crippen LogP contribution >= 0.6 is 0 Å². The van der Waals surface area contributed by atoms with Crippen molar-refractivity contribution in [3.8, 4) is 11.5 Å². The lowest BCUT2D eigenvalue weighted by Crippen LogP contribution is -2.51. The molecule has 2 aromatic carbocycles. The van der Waals surface area contributed by atoms with Gasteiger partial charge in [0.2, 0.25) is 16.8 Å². The minimum absolute atomic E-state index is 0.134. The van der Waals surface area contributed by atoms with Crippen molar-refractivity contribution in [2.24, 2.45) is 0 Å². The second-order valence-corrected chi connectivity index (χ2v) is 10.9. The zero-order valence-electron chi connectivity index (χ0n) is 18.9. The highest BCUT2D eigenvalue weighted by Gasteiger charge is 2.32. The van der Waals surface area contributed by atoms with E-state index in [2.05, 4.69) is 0 Å². The van der Waals surface area contributed by atoms with Crippen molar-refractivity contribution < 1.29 is 32.5 Å². The maximum Gasteiger partial charge on any atom is 0.410 e. The standard InChI is InChI=1S/C23H28N2O7S/c1-23(2,3)32-22(27)24-10-12-25(13-11-24)33(28,29)18-7-4-16(5-8-18)21(26)17-6-9-19-20(14-17)31-15-30-19/h4-9,14,21,26H,10-13,15H2,1-3H3. The van der Waals surface area contributed by atoms with Crippen LogP contribution in [-0.4, -0.2) is 67.4 Å². The SMILES string of the molecule is CC(C)(C)OC(=O)N1CCN(S(=O)(=O)c2ccc(C(O)c3ccc4c(c3)OCO4)cc2)CC1. The second kappa shape index (κ2) is 8.85. The Kier molecular flexibility index (Phi) is 6.26. The molecule has 0 bridgehead atoms. The van der Waals surface area contributed by atoms with E-state index < -0.39 is 27.8 Å². The third kappa shape index (κ3) is 5.07. The summed E-state index contributed by atoms with van der Waals surface area (Å²) in [6.45, 7) is 6.40. The van der Waals surface area contributed by atoms with Gasteiger partial charge in [-0.1, -0.05) is 18.2 Å². The van der Waals surface area contributed by atoms with Crippen molar-refractivity contribution in [2.45, 2.75) is 37.4 Å². The molecule has 1 saturated heterocycles. The summed E-state index contributed by atoms with van der Waals surface area (Å²) in [6, 6.07) is 11.4. The Morgan fingerprint density at radius 1 is 0.970 bits per heavy atom. The number of rotatable bonds is 4. The molecule has 2 aromatic rings. The second-order valence-electron chi connectivity index (χ2n) is 8.96. The van der Waals surface area contributed by atoms with Crippen LogP contribution in [0, 0.1) is 0 Å². The van der Waals surface area contributed by atoms with Gasteiger partial charge in [0.1, 0.15) is 11.7 Å². The summed E-state index contributed by atoms with van der Waals surface area (Å²) in [7, 11) is -3.73. The Morgan fingerprint density at radius 2 is 1.58 bits per heavy atom. The fraction of sp³-hybridized carbons (Fsp3) is 0.435. The maximum atomic E-state index is 13.1. The Labute approximate surface area is 193 Å². The summed E-state index contributed by atoms with van der Waals surface area (Å²) in [6.07, 6.45) is -1.38. The molecule has 2 heterocycles. The van der Waals surface area contributed by atoms with E-state index in [4.69, 9.17) is 14.2 Å². The third-order valence-electron chi connectivity index (χ3n) is 5.44. The van der Waals surface area contributed by atoms with Gasteiger partial charge in [-0.25, -0.2) is 13.2 Å². The molecule has 2 aliphatic rings. The summed E-state index contributed by atoms with van der Waals surface area (Å²) < 4.78 is 43.5. The molecule has 2 aliphatic heterocycles. The molecule has 9 nitrogen and oxygen atoms in total. The number of piperazine rings is 1. The molecule has 0 aromatic heterocycles. The predicted molar refractivity (Wildman–Crippen MR) is 120 cm³/mol. The number of hydrogen-bond acceptors (Lipinski definition) is 7. The van der Waals surface area contributed by atoms with Gasteiger partial charge in [0.25, 0.3) is 0 Å². The molecule has 0 radical (unpaired) electrons. The van der Waals surface area contributed by atoms with Crippen LogP contribution in [0.3, 0.4) is 0 Å². The zero-order valence-corrected chi connectivity index (χ0v) is 19.7. The lowest BCUT2D eigenvalue weighted by Gasteiger charge is -2.35. The van der Waals surface area contributed by atoms with Crippen molar-refractivity contribution in [2.75, 3.05) is 33.0 Å². The number of aliphatic hydroxyl groups is 1. The van der Waals surface area contributed by atoms with Gasteiger partial charge in [-0.15, -0.1) is 0 Å². The summed E-state index contributed by atoms with van der Waals surface area (Å²) in [5, 5.41) is 10.7. The van der Waals surface area contributed by atoms with E-state index in [1.54, 1.807) is 51.1 Å². The highest BCUT2D eigenvalue weighted by atomic mass is 32.2. The van der Waals surface area contributed by atoms with Crippen molar-refractivity contribution >= 4 is 16.1 Å². The third-order valence-corrected chi connectivity index (χ3v) is 7.35. The van der Waals surface area contributed by atoms with Crippen LogP contribution in [0.25, 0.3) is 0 Å². The van der Waals surface area contributed by atoms with Gasteiger partial charge in [-0.3, -0.25) is 0 Å². The average molecular weight is 477 g/mol. The number of sulfonamides is 1. The first-order valence-corrected chi connectivity index (χ1v) is 12.1. The smallest absolute Gasteiger partial charge is 0.410 e. The highest BCUT2D eigenvalue weighted by Crippen LogP contribution is 2.35. The van der Waals surface area contributed by atoms with Crippen LogP contribution in [0.1, 0.15) is 38.0 Å². The normalized spacial score (nSPS) is 17.6. The summed E-state index contributed by atoms with van der Waals surface area (Å²) >= 11 is 0. The molecule has 1 unspecified atom stereocenters. The van der Waals surface area contributed by atoms with Gasteiger partial charge in [0.15, 0.2) is 11.5 Å². The van der Waals surface area contributed by atoms with Crippen LogP contribution in [0.5, 0.6) is 11.5 Å². The molecule has 0 saturated carbocycles. The molecular weight excluding hydrogens is 448 g/mol. The lowest BCUT2D eigenvalue weighted by molar-refractivity contribution is 0.0192. The van der Waals surface area contributed by atoms with E-state index in [1.165, 1.54) is 21.3 Å². The number of carbonyl (C=O) groups excluding carboxylic acids is 1. The van der Waals surface area contributed by atoms with Crippen LogP contribution in [0.2, 0.25) is 0 Å². The fourth-order valence-corrected chi connectivity index (χ4v) is 5.11. The molecule has 1 N–H and O–H groups in total. The molecule has 0 aliphatic carbocycles. The Hall–Kier alpha value is -2.82. The summed E-state index contributed by atoms with van der Waals surface area (Å²) in [4.78, 5) is 13.9. The Balaban J connectivity index is 1.41. The van der Waals surface area contributed by atoms with E-state index in [1.807, 2.05) is 0 Å². The molecule has 1 amide bonds. The Bertz CT molecular complexity index is 1120. The predicted octanol–water partition coefficient (Wildman–Crippen LogP) is 2.74. The fourth-order valence-electron chi connectivity index (χ4n) is 3.68. The van der Waals surface area contributed by atoms with Gasteiger partial charge in [0.05, 0.1) is 4.90 Å². The van der Waals surface area contributed by atoms with Crippen molar-refractivity contribution in [3.63, 3.8) is 0 Å². The minimum Gasteiger partial charge on any atom is -0.454 e. The first-order valence-electron chi connectivity index (χ1n) is 10.7. The highest BCUT2D eigenvalue weighted by molar-refractivity contribution is 7.89. The van der Waals surface area contributed by atoms with Gasteiger partial charge in [0, 0.05) is 26.2 Å².